The van der Waals surface area contributed by atoms with Gasteiger partial charge >= 0.3 is 0 Å². The van der Waals surface area contributed by atoms with Crippen LogP contribution < -0.4 is 4.57 Å². The first-order valence-electron chi connectivity index (χ1n) is 10.9. The summed E-state index contributed by atoms with van der Waals surface area (Å²) in [6, 6.07) is 0.688. The van der Waals surface area contributed by atoms with E-state index in [1.165, 1.54) is 103 Å². The molecule has 1 aromatic rings. The van der Waals surface area contributed by atoms with Crippen molar-refractivity contribution in [2.24, 2.45) is 0 Å². The molecule has 1 N–H and O–H groups in total. The quantitative estimate of drug-likeness (QED) is 0.231. The number of aromatic amines is 1. The number of hydrogen-bond donors (Lipinski definition) is 1. The molecule has 1 heterocycles. The van der Waals surface area contributed by atoms with Crippen molar-refractivity contribution in [3.05, 3.63) is 18.7 Å². The second-order valence-electron chi connectivity index (χ2n) is 7.51. The Morgan fingerprint density at radius 3 is 1.62 bits per heavy atom. The molecular formula is C22H43N2+. The van der Waals surface area contributed by atoms with Crippen molar-refractivity contribution in [3.8, 4) is 0 Å². The van der Waals surface area contributed by atoms with E-state index >= 15 is 0 Å². The molecule has 140 valence electrons. The molecule has 0 aromatic carbocycles. The van der Waals surface area contributed by atoms with E-state index in [-0.39, 0.29) is 0 Å². The summed E-state index contributed by atoms with van der Waals surface area (Å²) in [6.07, 6.45) is 29.1. The summed E-state index contributed by atoms with van der Waals surface area (Å²) in [4.78, 5) is 3.16. The van der Waals surface area contributed by atoms with Gasteiger partial charge in [-0.05, 0) is 19.3 Å². The van der Waals surface area contributed by atoms with Gasteiger partial charge in [-0.3, -0.25) is 4.98 Å². The second kappa shape index (κ2) is 15.7. The van der Waals surface area contributed by atoms with Crippen molar-refractivity contribution in [1.82, 2.24) is 4.98 Å². The molecule has 0 bridgehead atoms. The third-order valence-electron chi connectivity index (χ3n) is 5.35. The number of nitrogens with one attached hydrogen (secondary N) is 1. The van der Waals surface area contributed by atoms with E-state index in [0.29, 0.717) is 6.04 Å². The molecule has 1 atom stereocenters. The van der Waals surface area contributed by atoms with Crippen LogP contribution in [0.1, 0.15) is 123 Å². The maximum Gasteiger partial charge on any atom is 0.241 e. The lowest BCUT2D eigenvalue weighted by molar-refractivity contribution is -0.722. The Hall–Kier alpha value is -0.790. The van der Waals surface area contributed by atoms with Crippen LogP contribution in [0.15, 0.2) is 18.7 Å². The van der Waals surface area contributed by atoms with Crippen molar-refractivity contribution >= 4 is 0 Å². The zero-order chi connectivity index (χ0) is 17.3. The monoisotopic (exact) mass is 335 g/mol. The highest BCUT2D eigenvalue weighted by atomic mass is 15.0. The third kappa shape index (κ3) is 10.9. The summed E-state index contributed by atoms with van der Waals surface area (Å²) in [7, 11) is 0. The number of unbranched alkanes of at least 4 members (excludes halogenated alkanes) is 13. The Kier molecular flexibility index (Phi) is 13.9. The van der Waals surface area contributed by atoms with Crippen molar-refractivity contribution in [3.63, 3.8) is 0 Å². The maximum atomic E-state index is 3.16. The molecule has 0 aliphatic heterocycles. The SMILES string of the molecule is CCCCCCCCCCCCCCCCC(CC)[n+]1cc[nH]c1. The molecule has 0 amide bonds. The van der Waals surface area contributed by atoms with Gasteiger partial charge in [0.15, 0.2) is 0 Å². The number of hydrogen-bond acceptors (Lipinski definition) is 0. The van der Waals surface area contributed by atoms with Crippen molar-refractivity contribution in [2.45, 2.75) is 123 Å². The Labute approximate surface area is 151 Å². The summed E-state index contributed by atoms with van der Waals surface area (Å²) in [6.45, 7) is 4.59. The Balaban J connectivity index is 1.80. The first-order chi connectivity index (χ1) is 11.9. The lowest BCUT2D eigenvalue weighted by atomic mass is 10.0. The van der Waals surface area contributed by atoms with Crippen molar-refractivity contribution in [2.75, 3.05) is 0 Å². The van der Waals surface area contributed by atoms with Crippen LogP contribution in [0.4, 0.5) is 0 Å². The zero-order valence-electron chi connectivity index (χ0n) is 16.6. The molecule has 0 aliphatic rings. The van der Waals surface area contributed by atoms with E-state index < -0.39 is 0 Å². The van der Waals surface area contributed by atoms with E-state index in [4.69, 9.17) is 0 Å². The van der Waals surface area contributed by atoms with Crippen LogP contribution in [0.2, 0.25) is 0 Å². The minimum atomic E-state index is 0.688. The van der Waals surface area contributed by atoms with Crippen LogP contribution >= 0.6 is 0 Å². The van der Waals surface area contributed by atoms with Gasteiger partial charge in [0.2, 0.25) is 6.33 Å². The first kappa shape index (κ1) is 21.3. The molecule has 0 aliphatic carbocycles. The van der Waals surface area contributed by atoms with Gasteiger partial charge in [-0.25, -0.2) is 4.57 Å². The Morgan fingerprint density at radius 2 is 1.21 bits per heavy atom. The van der Waals surface area contributed by atoms with Crippen LogP contribution in [0.25, 0.3) is 0 Å². The van der Waals surface area contributed by atoms with Gasteiger partial charge in [-0.15, -0.1) is 0 Å². The number of rotatable bonds is 17. The molecular weight excluding hydrogens is 292 g/mol. The Morgan fingerprint density at radius 1 is 0.708 bits per heavy atom. The average molecular weight is 336 g/mol. The van der Waals surface area contributed by atoms with Gasteiger partial charge in [-0.1, -0.05) is 97.3 Å². The second-order valence-corrected chi connectivity index (χ2v) is 7.51. The average Bonchev–Trinajstić information content (AvgIpc) is 3.13. The smallest absolute Gasteiger partial charge is 0.241 e. The van der Waals surface area contributed by atoms with E-state index in [9.17, 15) is 0 Å². The topological polar surface area (TPSA) is 19.7 Å². The lowest BCUT2D eigenvalue weighted by Crippen LogP contribution is -2.36. The lowest BCUT2D eigenvalue weighted by Gasteiger charge is -2.11. The van der Waals surface area contributed by atoms with Crippen molar-refractivity contribution < 1.29 is 4.57 Å². The predicted molar refractivity (Wildman–Crippen MR) is 105 cm³/mol. The molecule has 2 heteroatoms. The maximum absolute atomic E-state index is 3.16. The molecule has 1 rings (SSSR count). The molecule has 0 spiro atoms. The summed E-state index contributed by atoms with van der Waals surface area (Å²) >= 11 is 0. The number of nitrogens with zero attached hydrogens (tertiary/aromatic N) is 1. The summed E-state index contributed by atoms with van der Waals surface area (Å²) < 4.78 is 2.34. The van der Waals surface area contributed by atoms with E-state index in [1.54, 1.807) is 0 Å². The third-order valence-corrected chi connectivity index (χ3v) is 5.35. The fraction of sp³-hybridized carbons (Fsp3) is 0.864. The van der Waals surface area contributed by atoms with Gasteiger partial charge < -0.3 is 0 Å². The fourth-order valence-corrected chi connectivity index (χ4v) is 3.67. The van der Waals surface area contributed by atoms with Gasteiger partial charge in [0.1, 0.15) is 18.4 Å². The minimum absolute atomic E-state index is 0.688. The summed E-state index contributed by atoms with van der Waals surface area (Å²) in [5, 5.41) is 0. The van der Waals surface area contributed by atoms with Crippen LogP contribution in [-0.2, 0) is 0 Å². The fourth-order valence-electron chi connectivity index (χ4n) is 3.67. The van der Waals surface area contributed by atoms with Gasteiger partial charge in [0, 0.05) is 0 Å². The molecule has 2 nitrogen and oxygen atoms in total. The predicted octanol–water partition coefficient (Wildman–Crippen LogP) is 7.12. The van der Waals surface area contributed by atoms with E-state index in [1.807, 2.05) is 6.20 Å². The minimum Gasteiger partial charge on any atom is -0.250 e. The molecule has 0 radical (unpaired) electrons. The summed E-state index contributed by atoms with van der Waals surface area (Å²) in [5.74, 6) is 0. The van der Waals surface area contributed by atoms with Gasteiger partial charge in [0.25, 0.3) is 0 Å². The highest BCUT2D eigenvalue weighted by molar-refractivity contribution is 4.60. The van der Waals surface area contributed by atoms with Crippen LogP contribution in [0.3, 0.4) is 0 Å². The number of imidazole rings is 1. The highest BCUT2D eigenvalue weighted by Gasteiger charge is 2.12. The number of H-pyrrole nitrogens is 1. The molecule has 1 aromatic heterocycles. The molecule has 24 heavy (non-hydrogen) atoms. The Bertz CT molecular complexity index is 345. The zero-order valence-corrected chi connectivity index (χ0v) is 16.6. The number of aromatic nitrogens is 2. The van der Waals surface area contributed by atoms with Crippen LogP contribution in [0, 0.1) is 0 Å². The molecule has 0 fully saturated rings. The molecule has 0 saturated carbocycles. The van der Waals surface area contributed by atoms with Crippen LogP contribution in [-0.4, -0.2) is 4.98 Å². The van der Waals surface area contributed by atoms with Crippen molar-refractivity contribution in [1.29, 1.82) is 0 Å². The van der Waals surface area contributed by atoms with Gasteiger partial charge in [0.05, 0.1) is 0 Å². The highest BCUT2D eigenvalue weighted by Crippen LogP contribution is 2.16. The van der Waals surface area contributed by atoms with Gasteiger partial charge in [-0.2, -0.15) is 0 Å². The van der Waals surface area contributed by atoms with E-state index in [2.05, 4.69) is 35.9 Å². The first-order valence-corrected chi connectivity index (χ1v) is 10.9. The molecule has 0 saturated heterocycles. The summed E-state index contributed by atoms with van der Waals surface area (Å²) in [5.41, 5.74) is 0. The van der Waals surface area contributed by atoms with E-state index in [0.717, 1.165) is 0 Å². The standard InChI is InChI=1S/C22H42N2/c1-3-5-6-7-8-9-10-11-12-13-14-15-16-17-18-22(4-2)24-20-19-23-21-24/h19-22H,3-18H2,1-2H3/p+1. The normalized spacial score (nSPS) is 12.6. The molecule has 1 unspecified atom stereocenters. The van der Waals surface area contributed by atoms with Crippen LogP contribution in [0.5, 0.6) is 0 Å². The largest absolute Gasteiger partial charge is 0.250 e.